The molecule has 0 bridgehead atoms. The fourth-order valence-electron chi connectivity index (χ4n) is 0.529. The molecule has 0 aliphatic carbocycles. The molecule has 0 unspecified atom stereocenters. The number of allylic oxidation sites excluding steroid dienone is 1. The van der Waals surface area contributed by atoms with E-state index in [0.29, 0.717) is 6.79 Å². The Morgan fingerprint density at radius 2 is 2.09 bits per heavy atom. The quantitative estimate of drug-likeness (QED) is 0.155. The maximum absolute atomic E-state index is 5.04. The summed E-state index contributed by atoms with van der Waals surface area (Å²) < 4.78 is 9.73. The van der Waals surface area contributed by atoms with Gasteiger partial charge in [-0.2, -0.15) is 6.42 Å². The first kappa shape index (κ1) is 13.8. The second-order valence-corrected chi connectivity index (χ2v) is 1.86. The standard InChI is InChI=1S/C8H15O2.Li/c1-3-4-5-6-7-10-8-9-2;/h4-5H,1,3,6-8H2,2H3;/q-1;+1/b5-4-;. The van der Waals surface area contributed by atoms with E-state index in [9.17, 15) is 0 Å². The third kappa shape index (κ3) is 13.3. The molecule has 0 aromatic heterocycles. The SMILES string of the molecule is [CH2-]C/C=C\CCOCOC.[Li+]. The molecular formula is C8H15LiO2. The Hall–Kier alpha value is 0.257. The van der Waals surface area contributed by atoms with Crippen LogP contribution in [0.4, 0.5) is 0 Å². The molecule has 0 amide bonds. The molecule has 0 atom stereocenters. The zero-order chi connectivity index (χ0) is 7.66. The molecule has 0 aromatic carbocycles. The summed E-state index contributed by atoms with van der Waals surface area (Å²) in [5.74, 6) is 0. The molecule has 3 heteroatoms. The Balaban J connectivity index is 0. The van der Waals surface area contributed by atoms with Gasteiger partial charge in [-0.25, -0.2) is 0 Å². The van der Waals surface area contributed by atoms with Crippen molar-refractivity contribution in [3.05, 3.63) is 19.1 Å². The van der Waals surface area contributed by atoms with E-state index >= 15 is 0 Å². The molecule has 0 saturated heterocycles. The minimum Gasteiger partial charge on any atom is -0.359 e. The molecule has 0 fully saturated rings. The van der Waals surface area contributed by atoms with Crippen LogP contribution in [-0.2, 0) is 9.47 Å². The predicted octanol–water partition coefficient (Wildman–Crippen LogP) is -1.22. The van der Waals surface area contributed by atoms with Gasteiger partial charge in [0.25, 0.3) is 0 Å². The summed E-state index contributed by atoms with van der Waals surface area (Å²) in [4.78, 5) is 0. The van der Waals surface area contributed by atoms with Gasteiger partial charge >= 0.3 is 18.9 Å². The summed E-state index contributed by atoms with van der Waals surface area (Å²) in [6, 6.07) is 0. The molecule has 0 heterocycles. The van der Waals surface area contributed by atoms with Crippen molar-refractivity contribution in [2.24, 2.45) is 0 Å². The summed E-state index contributed by atoms with van der Waals surface area (Å²) in [5, 5.41) is 0. The van der Waals surface area contributed by atoms with Crippen LogP contribution in [0.1, 0.15) is 12.8 Å². The number of rotatable bonds is 6. The van der Waals surface area contributed by atoms with Crippen LogP contribution in [0.2, 0.25) is 0 Å². The van der Waals surface area contributed by atoms with E-state index < -0.39 is 0 Å². The van der Waals surface area contributed by atoms with Gasteiger partial charge in [0.1, 0.15) is 6.79 Å². The first-order chi connectivity index (χ1) is 4.91. The van der Waals surface area contributed by atoms with Crippen LogP contribution in [0, 0.1) is 6.92 Å². The summed E-state index contributed by atoms with van der Waals surface area (Å²) >= 11 is 0. The number of hydrogen-bond donors (Lipinski definition) is 0. The third-order valence-corrected chi connectivity index (χ3v) is 0.963. The average molecular weight is 150 g/mol. The van der Waals surface area contributed by atoms with Gasteiger partial charge in [-0.05, 0) is 6.42 Å². The average Bonchev–Trinajstić information content (AvgIpc) is 1.97. The van der Waals surface area contributed by atoms with E-state index in [1.54, 1.807) is 7.11 Å². The zero-order valence-corrected chi connectivity index (χ0v) is 7.51. The van der Waals surface area contributed by atoms with Gasteiger partial charge in [0.05, 0.1) is 6.61 Å². The van der Waals surface area contributed by atoms with E-state index in [1.807, 2.05) is 6.08 Å². The Bertz CT molecular complexity index is 84.2. The molecule has 0 aliphatic rings. The van der Waals surface area contributed by atoms with Crippen LogP contribution in [-0.4, -0.2) is 20.5 Å². The van der Waals surface area contributed by atoms with Crippen LogP contribution in [0.3, 0.4) is 0 Å². The molecule has 0 spiro atoms. The van der Waals surface area contributed by atoms with Crippen molar-refractivity contribution >= 4 is 0 Å². The monoisotopic (exact) mass is 150 g/mol. The summed E-state index contributed by atoms with van der Waals surface area (Å²) in [6.07, 6.45) is 5.88. The Morgan fingerprint density at radius 1 is 1.36 bits per heavy atom. The largest absolute Gasteiger partial charge is 1.00 e. The molecule has 0 saturated carbocycles. The van der Waals surface area contributed by atoms with E-state index in [4.69, 9.17) is 4.74 Å². The minimum absolute atomic E-state index is 0. The first-order valence-electron chi connectivity index (χ1n) is 3.42. The van der Waals surface area contributed by atoms with Gasteiger partial charge in [-0.3, -0.25) is 0 Å². The summed E-state index contributed by atoms with van der Waals surface area (Å²) in [5.41, 5.74) is 0. The molecule has 2 nitrogen and oxygen atoms in total. The Labute approximate surface area is 81.1 Å². The van der Waals surface area contributed by atoms with Crippen LogP contribution in [0.15, 0.2) is 12.2 Å². The number of ether oxygens (including phenoxy) is 2. The molecule has 0 N–H and O–H groups in total. The number of methoxy groups -OCH3 is 1. The smallest absolute Gasteiger partial charge is 0.359 e. The Morgan fingerprint density at radius 3 is 2.64 bits per heavy atom. The van der Waals surface area contributed by atoms with E-state index in [2.05, 4.69) is 17.7 Å². The van der Waals surface area contributed by atoms with Gasteiger partial charge < -0.3 is 16.4 Å². The molecule has 0 aliphatic heterocycles. The molecular weight excluding hydrogens is 135 g/mol. The molecule has 11 heavy (non-hydrogen) atoms. The van der Waals surface area contributed by atoms with Crippen molar-refractivity contribution < 1.29 is 28.3 Å². The predicted molar refractivity (Wildman–Crippen MR) is 41.6 cm³/mol. The van der Waals surface area contributed by atoms with Gasteiger partial charge in [-0.15, -0.1) is 6.08 Å². The molecule has 60 valence electrons. The second kappa shape index (κ2) is 12.9. The Kier molecular flexibility index (Phi) is 16.2. The van der Waals surface area contributed by atoms with Crippen LogP contribution >= 0.6 is 0 Å². The summed E-state index contributed by atoms with van der Waals surface area (Å²) in [7, 11) is 1.62. The third-order valence-electron chi connectivity index (χ3n) is 0.963. The molecule has 0 rings (SSSR count). The maximum Gasteiger partial charge on any atom is 1.00 e. The van der Waals surface area contributed by atoms with Crippen molar-refractivity contribution in [3.63, 3.8) is 0 Å². The normalized spacial score (nSPS) is 10.0. The van der Waals surface area contributed by atoms with E-state index in [1.165, 1.54) is 0 Å². The van der Waals surface area contributed by atoms with E-state index in [-0.39, 0.29) is 18.9 Å². The van der Waals surface area contributed by atoms with Crippen molar-refractivity contribution in [3.8, 4) is 0 Å². The molecule has 0 radical (unpaired) electrons. The van der Waals surface area contributed by atoms with Gasteiger partial charge in [0, 0.05) is 7.11 Å². The topological polar surface area (TPSA) is 18.5 Å². The van der Waals surface area contributed by atoms with Crippen molar-refractivity contribution in [2.75, 3.05) is 20.5 Å². The molecule has 0 aromatic rings. The van der Waals surface area contributed by atoms with Crippen LogP contribution in [0.25, 0.3) is 0 Å². The van der Waals surface area contributed by atoms with Gasteiger partial charge in [0.15, 0.2) is 0 Å². The van der Waals surface area contributed by atoms with Crippen molar-refractivity contribution in [2.45, 2.75) is 12.8 Å². The van der Waals surface area contributed by atoms with E-state index in [0.717, 1.165) is 19.4 Å². The van der Waals surface area contributed by atoms with Crippen molar-refractivity contribution in [1.82, 2.24) is 0 Å². The number of hydrogen-bond acceptors (Lipinski definition) is 2. The fourth-order valence-corrected chi connectivity index (χ4v) is 0.529. The first-order valence-corrected chi connectivity index (χ1v) is 3.42. The summed E-state index contributed by atoms with van der Waals surface area (Å²) in [6.45, 7) is 4.78. The van der Waals surface area contributed by atoms with Gasteiger partial charge in [0.2, 0.25) is 0 Å². The van der Waals surface area contributed by atoms with Crippen molar-refractivity contribution in [1.29, 1.82) is 0 Å². The second-order valence-electron chi connectivity index (χ2n) is 1.86. The zero-order valence-electron chi connectivity index (χ0n) is 7.51. The minimum atomic E-state index is 0. The van der Waals surface area contributed by atoms with Gasteiger partial charge in [-0.1, -0.05) is 6.08 Å². The van der Waals surface area contributed by atoms with Crippen LogP contribution in [0.5, 0.6) is 0 Å². The fraction of sp³-hybridized carbons (Fsp3) is 0.625. The maximum atomic E-state index is 5.04. The van der Waals surface area contributed by atoms with Crippen LogP contribution < -0.4 is 18.9 Å².